The molecule has 0 aromatic heterocycles. The fourth-order valence-corrected chi connectivity index (χ4v) is 7.87. The van der Waals surface area contributed by atoms with Crippen LogP contribution >= 0.6 is 0 Å². The number of carboxylic acid groups (broad SMARTS) is 2. The Morgan fingerprint density at radius 1 is 0.522 bits per heavy atom. The SMILES string of the molecule is CCCCCCCCCCC(c1cccc(C(=O)O)c1C(=O)O)C(CCCCCCC)(CCCCCCC)CCCCCCCC. The summed E-state index contributed by atoms with van der Waals surface area (Å²) >= 11 is 0. The molecular formula is C42H74O4. The number of benzene rings is 1. The average molecular weight is 643 g/mol. The van der Waals surface area contributed by atoms with Gasteiger partial charge < -0.3 is 10.2 Å². The quantitative estimate of drug-likeness (QED) is 0.0767. The maximum atomic E-state index is 12.8. The summed E-state index contributed by atoms with van der Waals surface area (Å²) in [6.07, 6.45) is 34.2. The highest BCUT2D eigenvalue weighted by molar-refractivity contribution is 6.02. The van der Waals surface area contributed by atoms with E-state index < -0.39 is 11.9 Å². The first-order chi connectivity index (χ1) is 22.4. The Morgan fingerprint density at radius 2 is 0.891 bits per heavy atom. The van der Waals surface area contributed by atoms with Crippen molar-refractivity contribution < 1.29 is 19.8 Å². The van der Waals surface area contributed by atoms with Crippen molar-refractivity contribution in [1.29, 1.82) is 0 Å². The predicted molar refractivity (Wildman–Crippen MR) is 198 cm³/mol. The first-order valence-corrected chi connectivity index (χ1v) is 20.0. The largest absolute Gasteiger partial charge is 0.478 e. The van der Waals surface area contributed by atoms with Gasteiger partial charge in [-0.25, -0.2) is 9.59 Å². The number of unbranched alkanes of at least 4 members (excludes halogenated alkanes) is 20. The fraction of sp³-hybridized carbons (Fsp3) is 0.810. The zero-order valence-corrected chi connectivity index (χ0v) is 30.8. The second-order valence-corrected chi connectivity index (χ2v) is 14.4. The molecule has 0 aliphatic rings. The highest BCUT2D eigenvalue weighted by Crippen LogP contribution is 2.52. The molecule has 4 nitrogen and oxygen atoms in total. The summed E-state index contributed by atoms with van der Waals surface area (Å²) in [6, 6.07) is 5.28. The Kier molecular flexibility index (Phi) is 24.9. The van der Waals surface area contributed by atoms with E-state index in [1.165, 1.54) is 154 Å². The van der Waals surface area contributed by atoms with Gasteiger partial charge in [0.2, 0.25) is 0 Å². The Bertz CT molecular complexity index is 893. The number of hydrogen-bond acceptors (Lipinski definition) is 2. The standard InChI is InChI=1S/C42H74O4/c1-5-9-13-17-19-20-21-25-32-38(36-30-29-31-37(40(43)44)39(36)41(45)46)42(33-26-22-15-11-7-3,34-27-23-16-12-8-4)35-28-24-18-14-10-6-2/h29-31,38H,5-28,32-35H2,1-4H3,(H,43,44)(H,45,46). The highest BCUT2D eigenvalue weighted by atomic mass is 16.4. The lowest BCUT2D eigenvalue weighted by atomic mass is 9.61. The summed E-state index contributed by atoms with van der Waals surface area (Å²) in [6.45, 7) is 9.06. The molecule has 0 bridgehead atoms. The van der Waals surface area contributed by atoms with Crippen molar-refractivity contribution in [3.63, 3.8) is 0 Å². The lowest BCUT2D eigenvalue weighted by molar-refractivity contribution is 0.0646. The lowest BCUT2D eigenvalue weighted by Gasteiger charge is -2.43. The van der Waals surface area contributed by atoms with E-state index in [0.717, 1.165) is 37.7 Å². The summed E-state index contributed by atoms with van der Waals surface area (Å²) < 4.78 is 0. The van der Waals surface area contributed by atoms with Crippen molar-refractivity contribution >= 4 is 11.9 Å². The molecule has 0 saturated carbocycles. The predicted octanol–water partition coefficient (Wildman–Crippen LogP) is 14.2. The molecule has 1 aromatic carbocycles. The van der Waals surface area contributed by atoms with Crippen LogP contribution in [-0.4, -0.2) is 22.2 Å². The number of carboxylic acids is 2. The lowest BCUT2D eigenvalue weighted by Crippen LogP contribution is -2.32. The third-order valence-corrected chi connectivity index (χ3v) is 10.6. The van der Waals surface area contributed by atoms with Crippen LogP contribution in [0, 0.1) is 5.41 Å². The van der Waals surface area contributed by atoms with E-state index in [0.29, 0.717) is 0 Å². The first-order valence-electron chi connectivity index (χ1n) is 20.0. The van der Waals surface area contributed by atoms with Crippen LogP contribution in [0.25, 0.3) is 0 Å². The van der Waals surface area contributed by atoms with Crippen LogP contribution in [0.2, 0.25) is 0 Å². The van der Waals surface area contributed by atoms with Gasteiger partial charge in [-0.3, -0.25) is 0 Å². The summed E-state index contributed by atoms with van der Waals surface area (Å²) in [5, 5.41) is 20.6. The summed E-state index contributed by atoms with van der Waals surface area (Å²) in [7, 11) is 0. The molecule has 4 heteroatoms. The van der Waals surface area contributed by atoms with Gasteiger partial charge in [0, 0.05) is 0 Å². The van der Waals surface area contributed by atoms with Crippen molar-refractivity contribution in [2.45, 2.75) is 213 Å². The van der Waals surface area contributed by atoms with Gasteiger partial charge in [-0.1, -0.05) is 194 Å². The molecule has 46 heavy (non-hydrogen) atoms. The van der Waals surface area contributed by atoms with E-state index in [9.17, 15) is 19.8 Å². The molecule has 0 aliphatic heterocycles. The smallest absolute Gasteiger partial charge is 0.336 e. The number of rotatable bonds is 32. The first kappa shape index (κ1) is 42.2. The van der Waals surface area contributed by atoms with Gasteiger partial charge in [0.15, 0.2) is 0 Å². The van der Waals surface area contributed by atoms with Crippen LogP contribution in [0.4, 0.5) is 0 Å². The molecule has 1 aromatic rings. The van der Waals surface area contributed by atoms with E-state index in [1.54, 1.807) is 0 Å². The zero-order valence-electron chi connectivity index (χ0n) is 30.8. The molecule has 0 heterocycles. The fourth-order valence-electron chi connectivity index (χ4n) is 7.87. The molecular weight excluding hydrogens is 568 g/mol. The third-order valence-electron chi connectivity index (χ3n) is 10.6. The molecule has 0 fully saturated rings. The molecule has 0 radical (unpaired) electrons. The summed E-state index contributed by atoms with van der Waals surface area (Å²) in [4.78, 5) is 25.2. The Labute approximate surface area is 284 Å². The number of hydrogen-bond donors (Lipinski definition) is 2. The van der Waals surface area contributed by atoms with Gasteiger partial charge in [-0.05, 0) is 48.6 Å². The van der Waals surface area contributed by atoms with Gasteiger partial charge in [0.05, 0.1) is 11.1 Å². The van der Waals surface area contributed by atoms with E-state index in [1.807, 2.05) is 12.1 Å². The Morgan fingerprint density at radius 3 is 1.26 bits per heavy atom. The average Bonchev–Trinajstić information content (AvgIpc) is 3.04. The molecule has 1 unspecified atom stereocenters. The summed E-state index contributed by atoms with van der Waals surface area (Å²) in [5.74, 6) is -2.15. The van der Waals surface area contributed by atoms with Crippen LogP contribution in [0.3, 0.4) is 0 Å². The van der Waals surface area contributed by atoms with Crippen LogP contribution < -0.4 is 0 Å². The number of aromatic carboxylic acids is 2. The van der Waals surface area contributed by atoms with Crippen LogP contribution in [0.5, 0.6) is 0 Å². The maximum Gasteiger partial charge on any atom is 0.336 e. The van der Waals surface area contributed by atoms with Crippen LogP contribution in [-0.2, 0) is 0 Å². The Hall–Kier alpha value is -1.84. The second-order valence-electron chi connectivity index (χ2n) is 14.4. The van der Waals surface area contributed by atoms with Crippen LogP contribution in [0.1, 0.15) is 240 Å². The van der Waals surface area contributed by atoms with Gasteiger partial charge >= 0.3 is 11.9 Å². The van der Waals surface area contributed by atoms with Crippen molar-refractivity contribution in [3.8, 4) is 0 Å². The minimum absolute atomic E-state index is 0.00559. The normalized spacial score (nSPS) is 12.4. The molecule has 1 atom stereocenters. The van der Waals surface area contributed by atoms with Gasteiger partial charge in [-0.2, -0.15) is 0 Å². The Balaban J connectivity index is 3.53. The molecule has 0 aliphatic carbocycles. The van der Waals surface area contributed by atoms with E-state index in [4.69, 9.17) is 0 Å². The van der Waals surface area contributed by atoms with E-state index in [2.05, 4.69) is 27.7 Å². The van der Waals surface area contributed by atoms with Crippen molar-refractivity contribution in [2.75, 3.05) is 0 Å². The number of carbonyl (C=O) groups is 2. The van der Waals surface area contributed by atoms with E-state index in [-0.39, 0.29) is 22.5 Å². The summed E-state index contributed by atoms with van der Waals surface area (Å²) in [5.41, 5.74) is 0.795. The third kappa shape index (κ3) is 16.8. The second kappa shape index (κ2) is 27.1. The van der Waals surface area contributed by atoms with Crippen LogP contribution in [0.15, 0.2) is 18.2 Å². The molecule has 266 valence electrons. The van der Waals surface area contributed by atoms with E-state index >= 15 is 0 Å². The van der Waals surface area contributed by atoms with Crippen molar-refractivity contribution in [3.05, 3.63) is 34.9 Å². The monoisotopic (exact) mass is 643 g/mol. The van der Waals surface area contributed by atoms with Gasteiger partial charge in [0.1, 0.15) is 0 Å². The molecule has 0 saturated heterocycles. The minimum atomic E-state index is -1.13. The van der Waals surface area contributed by atoms with Crippen molar-refractivity contribution in [1.82, 2.24) is 0 Å². The molecule has 1 rings (SSSR count). The maximum absolute atomic E-state index is 12.8. The highest BCUT2D eigenvalue weighted by Gasteiger charge is 2.40. The van der Waals surface area contributed by atoms with Crippen molar-refractivity contribution in [2.24, 2.45) is 5.41 Å². The minimum Gasteiger partial charge on any atom is -0.478 e. The molecule has 2 N–H and O–H groups in total. The zero-order chi connectivity index (χ0) is 33.9. The van der Waals surface area contributed by atoms with Gasteiger partial charge in [-0.15, -0.1) is 0 Å². The topological polar surface area (TPSA) is 74.6 Å². The molecule has 0 spiro atoms. The molecule has 0 amide bonds. The van der Waals surface area contributed by atoms with Gasteiger partial charge in [0.25, 0.3) is 0 Å².